The Morgan fingerprint density at radius 2 is 2.06 bits per heavy atom. The van der Waals surface area contributed by atoms with Gasteiger partial charge in [-0.05, 0) is 54.4 Å². The average molecular weight is 306 g/mol. The Morgan fingerprint density at radius 3 is 2.56 bits per heavy atom. The Morgan fingerprint density at radius 1 is 1.44 bits per heavy atom. The fraction of sp³-hybridized carbons (Fsp3) is 0.364. The predicted molar refractivity (Wildman–Crippen MR) is 69.6 cm³/mol. The van der Waals surface area contributed by atoms with E-state index in [0.29, 0.717) is 10.0 Å². The second-order valence-corrected chi connectivity index (χ2v) is 7.06. The third kappa shape index (κ3) is 3.79. The normalized spacial score (nSPS) is 14.3. The van der Waals surface area contributed by atoms with Crippen molar-refractivity contribution < 1.29 is 8.60 Å². The minimum absolute atomic E-state index is 0.325. The molecule has 0 fully saturated rings. The lowest BCUT2D eigenvalue weighted by atomic mass is 10.2. The molecule has 16 heavy (non-hydrogen) atoms. The lowest BCUT2D eigenvalue weighted by molar-refractivity contribution is 0.621. The summed E-state index contributed by atoms with van der Waals surface area (Å²) in [6, 6.07) is 4.52. The smallest absolute Gasteiger partial charge is 0.144 e. The van der Waals surface area contributed by atoms with Crippen LogP contribution in [0, 0.1) is 5.82 Å². The maximum Gasteiger partial charge on any atom is 0.144 e. The van der Waals surface area contributed by atoms with Crippen LogP contribution in [0.4, 0.5) is 4.39 Å². The molecule has 1 unspecified atom stereocenters. The Kier molecular flexibility index (Phi) is 4.38. The maximum absolute atomic E-state index is 12.9. The molecule has 1 aromatic rings. The van der Waals surface area contributed by atoms with E-state index in [1.165, 1.54) is 12.3 Å². The molecule has 88 valence electrons. The van der Waals surface area contributed by atoms with Crippen molar-refractivity contribution in [1.82, 2.24) is 0 Å². The van der Waals surface area contributed by atoms with Crippen LogP contribution in [0.3, 0.4) is 0 Å². The van der Waals surface area contributed by atoms with Crippen molar-refractivity contribution in [2.24, 2.45) is 4.40 Å². The minimum Gasteiger partial charge on any atom is -0.234 e. The molecule has 1 atom stereocenters. The summed E-state index contributed by atoms with van der Waals surface area (Å²) in [5.41, 5.74) is 0.714. The quantitative estimate of drug-likeness (QED) is 0.769. The van der Waals surface area contributed by atoms with Crippen molar-refractivity contribution in [3.05, 3.63) is 34.1 Å². The zero-order valence-electron chi connectivity index (χ0n) is 9.33. The van der Waals surface area contributed by atoms with Crippen LogP contribution in [0.1, 0.15) is 26.3 Å². The molecule has 0 saturated carbocycles. The number of nitrogens with zero attached hydrogens (tertiary/aromatic N) is 1. The summed E-state index contributed by atoms with van der Waals surface area (Å²) < 4.78 is 28.5. The van der Waals surface area contributed by atoms with Crippen LogP contribution in [0.25, 0.3) is 0 Å². The lowest BCUT2D eigenvalue weighted by Gasteiger charge is -2.12. The summed E-state index contributed by atoms with van der Waals surface area (Å²) in [6.45, 7) is 5.54. The van der Waals surface area contributed by atoms with Gasteiger partial charge in [0.1, 0.15) is 16.8 Å². The summed E-state index contributed by atoms with van der Waals surface area (Å²) in [6.07, 6.45) is 1.49. The fourth-order valence-corrected chi connectivity index (χ4v) is 1.79. The molecule has 0 heterocycles. The molecule has 2 nitrogen and oxygen atoms in total. The highest BCUT2D eigenvalue weighted by atomic mass is 79.9. The van der Waals surface area contributed by atoms with E-state index in [0.717, 1.165) is 0 Å². The lowest BCUT2D eigenvalue weighted by Crippen LogP contribution is -2.19. The summed E-state index contributed by atoms with van der Waals surface area (Å²) in [4.78, 5) is 0. The zero-order chi connectivity index (χ0) is 12.3. The largest absolute Gasteiger partial charge is 0.234 e. The SMILES string of the molecule is CC(C)(C)S(=O)/N=C/c1ccc(F)c(Br)c1. The first-order valence-electron chi connectivity index (χ1n) is 4.72. The molecule has 0 spiro atoms. The van der Waals surface area contributed by atoms with Gasteiger partial charge < -0.3 is 0 Å². The van der Waals surface area contributed by atoms with Crippen LogP contribution in [-0.4, -0.2) is 15.2 Å². The van der Waals surface area contributed by atoms with Crippen LogP contribution in [0.2, 0.25) is 0 Å². The van der Waals surface area contributed by atoms with Crippen molar-refractivity contribution in [1.29, 1.82) is 0 Å². The Balaban J connectivity index is 2.85. The second kappa shape index (κ2) is 5.19. The highest BCUT2D eigenvalue weighted by Gasteiger charge is 2.18. The van der Waals surface area contributed by atoms with E-state index < -0.39 is 11.0 Å². The van der Waals surface area contributed by atoms with Gasteiger partial charge in [-0.25, -0.2) is 8.60 Å². The van der Waals surface area contributed by atoms with E-state index in [1.54, 1.807) is 12.1 Å². The standard InChI is InChI=1S/C11H13BrFNOS/c1-11(2,3)16(15)14-7-8-4-5-10(13)9(12)6-8/h4-7H,1-3H3/b14-7+. The first kappa shape index (κ1) is 13.5. The van der Waals surface area contributed by atoms with Gasteiger partial charge in [-0.15, -0.1) is 0 Å². The highest BCUT2D eigenvalue weighted by Crippen LogP contribution is 2.16. The molecule has 1 rings (SSSR count). The van der Waals surface area contributed by atoms with Gasteiger partial charge in [0.05, 0.1) is 9.22 Å². The van der Waals surface area contributed by atoms with E-state index in [2.05, 4.69) is 20.3 Å². The number of rotatable bonds is 2. The van der Waals surface area contributed by atoms with Gasteiger partial charge in [0.25, 0.3) is 0 Å². The van der Waals surface area contributed by atoms with Gasteiger partial charge >= 0.3 is 0 Å². The van der Waals surface area contributed by atoms with E-state index in [9.17, 15) is 8.60 Å². The third-order valence-electron chi connectivity index (χ3n) is 1.77. The van der Waals surface area contributed by atoms with Crippen LogP contribution in [0.5, 0.6) is 0 Å². The van der Waals surface area contributed by atoms with Crippen LogP contribution in [-0.2, 0) is 11.0 Å². The molecule has 0 radical (unpaired) electrons. The molecule has 0 aromatic heterocycles. The monoisotopic (exact) mass is 305 g/mol. The Labute approximate surface area is 106 Å². The molecule has 0 saturated heterocycles. The summed E-state index contributed by atoms with van der Waals surface area (Å²) in [5.74, 6) is -0.325. The topological polar surface area (TPSA) is 29.4 Å². The van der Waals surface area contributed by atoms with Crippen LogP contribution < -0.4 is 0 Å². The van der Waals surface area contributed by atoms with E-state index >= 15 is 0 Å². The molecule has 0 aliphatic rings. The van der Waals surface area contributed by atoms with Gasteiger partial charge in [0.15, 0.2) is 0 Å². The first-order chi connectivity index (χ1) is 7.30. The first-order valence-corrected chi connectivity index (χ1v) is 6.62. The number of hydrogen-bond acceptors (Lipinski definition) is 1. The maximum atomic E-state index is 12.9. The number of hydrogen-bond donors (Lipinski definition) is 0. The van der Waals surface area contributed by atoms with Crippen molar-refractivity contribution >= 4 is 33.1 Å². The van der Waals surface area contributed by atoms with E-state index in [1.807, 2.05) is 20.8 Å². The van der Waals surface area contributed by atoms with Crippen molar-refractivity contribution in [3.8, 4) is 0 Å². The number of halogens is 2. The third-order valence-corrected chi connectivity index (χ3v) is 3.72. The van der Waals surface area contributed by atoms with Crippen LogP contribution >= 0.6 is 15.9 Å². The molecule has 0 amide bonds. The summed E-state index contributed by atoms with van der Waals surface area (Å²) in [7, 11) is -1.29. The van der Waals surface area contributed by atoms with Gasteiger partial charge in [-0.2, -0.15) is 4.40 Å². The molecule has 0 N–H and O–H groups in total. The minimum atomic E-state index is -1.29. The molecular weight excluding hydrogens is 293 g/mol. The van der Waals surface area contributed by atoms with E-state index in [-0.39, 0.29) is 10.6 Å². The molecule has 0 bridgehead atoms. The molecular formula is C11H13BrFNOS. The molecule has 1 aromatic carbocycles. The van der Waals surface area contributed by atoms with Gasteiger partial charge in [0.2, 0.25) is 0 Å². The van der Waals surface area contributed by atoms with Crippen molar-refractivity contribution in [3.63, 3.8) is 0 Å². The van der Waals surface area contributed by atoms with Crippen molar-refractivity contribution in [2.75, 3.05) is 0 Å². The molecule has 0 aliphatic carbocycles. The second-order valence-electron chi connectivity index (χ2n) is 4.27. The Bertz CT molecular complexity index is 440. The Hall–Kier alpha value is -0.550. The average Bonchev–Trinajstić information content (AvgIpc) is 2.18. The number of benzene rings is 1. The van der Waals surface area contributed by atoms with Crippen molar-refractivity contribution in [2.45, 2.75) is 25.5 Å². The molecule has 0 aliphatic heterocycles. The highest BCUT2D eigenvalue weighted by molar-refractivity contribution is 9.10. The summed E-state index contributed by atoms with van der Waals surface area (Å²) >= 11 is 3.08. The van der Waals surface area contributed by atoms with Gasteiger partial charge in [-0.3, -0.25) is 0 Å². The predicted octanol–water partition coefficient (Wildman–Crippen LogP) is 3.47. The summed E-state index contributed by atoms with van der Waals surface area (Å²) in [5, 5.41) is 0. The fourth-order valence-electron chi connectivity index (χ4n) is 0.860. The molecule has 5 heteroatoms. The van der Waals surface area contributed by atoms with Gasteiger partial charge in [-0.1, -0.05) is 6.07 Å². The van der Waals surface area contributed by atoms with Crippen LogP contribution in [0.15, 0.2) is 27.1 Å². The zero-order valence-corrected chi connectivity index (χ0v) is 11.7. The van der Waals surface area contributed by atoms with E-state index in [4.69, 9.17) is 0 Å². The van der Waals surface area contributed by atoms with Gasteiger partial charge in [0, 0.05) is 6.21 Å².